The molecule has 0 aliphatic carbocycles. The van der Waals surface area contributed by atoms with Crippen molar-refractivity contribution in [1.29, 1.82) is 0 Å². The van der Waals surface area contributed by atoms with Crippen molar-refractivity contribution in [2.75, 3.05) is 19.0 Å². The molecule has 1 rings (SSSR count). The number of nitrogens with one attached hydrogen (secondary N) is 1. The van der Waals surface area contributed by atoms with E-state index >= 15 is 0 Å². The van der Waals surface area contributed by atoms with E-state index in [0.717, 1.165) is 15.9 Å². The first kappa shape index (κ1) is 15.8. The molecule has 0 aliphatic heterocycles. The lowest BCUT2D eigenvalue weighted by Crippen LogP contribution is -2.25. The summed E-state index contributed by atoms with van der Waals surface area (Å²) in [6.45, 7) is 6.07. The summed E-state index contributed by atoms with van der Waals surface area (Å²) in [7, 11) is 1.61. The highest BCUT2D eigenvalue weighted by atomic mass is 79.9. The topological polar surface area (TPSA) is 47.6 Å². The molecule has 4 nitrogen and oxygen atoms in total. The second kappa shape index (κ2) is 6.80. The Morgan fingerprint density at radius 2 is 2.05 bits per heavy atom. The van der Waals surface area contributed by atoms with Crippen LogP contribution in [0.3, 0.4) is 0 Å². The normalized spacial score (nSPS) is 11.0. The van der Waals surface area contributed by atoms with Gasteiger partial charge in [-0.05, 0) is 39.0 Å². The van der Waals surface area contributed by atoms with Gasteiger partial charge in [0.1, 0.15) is 11.4 Å². The van der Waals surface area contributed by atoms with Gasteiger partial charge in [0.05, 0.1) is 19.2 Å². The summed E-state index contributed by atoms with van der Waals surface area (Å²) in [4.78, 5) is 11.6. The molecule has 0 unspecified atom stereocenters. The zero-order valence-corrected chi connectivity index (χ0v) is 13.3. The van der Waals surface area contributed by atoms with Crippen LogP contribution in [0.2, 0.25) is 0 Å². The van der Waals surface area contributed by atoms with Gasteiger partial charge in [-0.1, -0.05) is 15.9 Å². The zero-order valence-electron chi connectivity index (χ0n) is 11.7. The quantitative estimate of drug-likeness (QED) is 0.838. The maximum atomic E-state index is 11.6. The predicted molar refractivity (Wildman–Crippen MR) is 79.6 cm³/mol. The van der Waals surface area contributed by atoms with Gasteiger partial charge in [0.15, 0.2) is 0 Å². The number of halogens is 1. The van der Waals surface area contributed by atoms with Gasteiger partial charge in [0.2, 0.25) is 0 Å². The molecule has 0 amide bonds. The molecule has 0 aliphatic rings. The Morgan fingerprint density at radius 3 is 2.63 bits per heavy atom. The Morgan fingerprint density at radius 1 is 1.37 bits per heavy atom. The smallest absolute Gasteiger partial charge is 0.308 e. The fraction of sp³-hybridized carbons (Fsp3) is 0.500. The predicted octanol–water partition coefficient (Wildman–Crippen LogP) is 3.60. The number of methoxy groups -OCH3 is 1. The molecular weight excluding hydrogens is 310 g/mol. The van der Waals surface area contributed by atoms with Crippen molar-refractivity contribution >= 4 is 27.6 Å². The van der Waals surface area contributed by atoms with Crippen molar-refractivity contribution in [3.8, 4) is 5.75 Å². The number of rotatable bonds is 5. The molecule has 1 N–H and O–H groups in total. The summed E-state index contributed by atoms with van der Waals surface area (Å²) in [6.07, 6.45) is 0.312. The van der Waals surface area contributed by atoms with Crippen LogP contribution < -0.4 is 10.1 Å². The van der Waals surface area contributed by atoms with Gasteiger partial charge in [0.25, 0.3) is 0 Å². The Hall–Kier alpha value is -1.23. The molecule has 19 heavy (non-hydrogen) atoms. The van der Waals surface area contributed by atoms with Gasteiger partial charge in [-0.25, -0.2) is 0 Å². The highest BCUT2D eigenvalue weighted by Gasteiger charge is 2.15. The van der Waals surface area contributed by atoms with Crippen LogP contribution in [-0.4, -0.2) is 25.2 Å². The van der Waals surface area contributed by atoms with Crippen molar-refractivity contribution in [3.05, 3.63) is 22.7 Å². The molecule has 0 saturated carbocycles. The van der Waals surface area contributed by atoms with Crippen LogP contribution in [0.1, 0.15) is 27.2 Å². The van der Waals surface area contributed by atoms with E-state index in [0.29, 0.717) is 13.0 Å². The number of carbonyl (C=O) groups is 1. The van der Waals surface area contributed by atoms with Crippen molar-refractivity contribution in [2.45, 2.75) is 32.8 Å². The van der Waals surface area contributed by atoms with Crippen molar-refractivity contribution in [2.24, 2.45) is 0 Å². The number of hydrogen-bond acceptors (Lipinski definition) is 4. The molecule has 0 radical (unpaired) electrons. The molecule has 0 atom stereocenters. The minimum absolute atomic E-state index is 0.214. The van der Waals surface area contributed by atoms with Crippen molar-refractivity contribution in [1.82, 2.24) is 0 Å². The maximum absolute atomic E-state index is 11.6. The van der Waals surface area contributed by atoms with E-state index in [9.17, 15) is 4.79 Å². The van der Waals surface area contributed by atoms with E-state index in [4.69, 9.17) is 9.47 Å². The first-order valence-electron chi connectivity index (χ1n) is 6.11. The van der Waals surface area contributed by atoms with E-state index in [1.54, 1.807) is 7.11 Å². The van der Waals surface area contributed by atoms with Gasteiger partial charge in [-0.2, -0.15) is 0 Å². The lowest BCUT2D eigenvalue weighted by Gasteiger charge is -2.19. The van der Waals surface area contributed by atoms with Crippen molar-refractivity contribution < 1.29 is 14.3 Å². The lowest BCUT2D eigenvalue weighted by atomic mass is 10.2. The third-order valence-electron chi connectivity index (χ3n) is 2.23. The summed E-state index contributed by atoms with van der Waals surface area (Å²) in [6, 6.07) is 5.67. The monoisotopic (exact) mass is 329 g/mol. The van der Waals surface area contributed by atoms with E-state index in [1.807, 2.05) is 39.0 Å². The molecule has 106 valence electrons. The standard InChI is InChI=1S/C14H20BrNO3/c1-14(2,3)19-13(17)7-8-16-11-9-10(15)5-6-12(11)18-4/h5-6,9,16H,7-8H2,1-4H3. The molecule has 5 heteroatoms. The molecule has 0 saturated heterocycles. The van der Waals surface area contributed by atoms with Crippen LogP contribution in [0.25, 0.3) is 0 Å². The molecule has 1 aromatic carbocycles. The number of esters is 1. The first-order valence-corrected chi connectivity index (χ1v) is 6.90. The SMILES string of the molecule is COc1ccc(Br)cc1NCCC(=O)OC(C)(C)C. The van der Waals surface area contributed by atoms with Crippen LogP contribution in [0.15, 0.2) is 22.7 Å². The van der Waals surface area contributed by atoms with Crippen LogP contribution >= 0.6 is 15.9 Å². The summed E-state index contributed by atoms with van der Waals surface area (Å²) < 4.78 is 11.4. The van der Waals surface area contributed by atoms with E-state index < -0.39 is 5.60 Å². The summed E-state index contributed by atoms with van der Waals surface area (Å²) >= 11 is 3.40. The average Bonchev–Trinajstić information content (AvgIpc) is 2.27. The van der Waals surface area contributed by atoms with Gasteiger partial charge >= 0.3 is 5.97 Å². The van der Waals surface area contributed by atoms with Gasteiger partial charge < -0.3 is 14.8 Å². The van der Waals surface area contributed by atoms with E-state index in [1.165, 1.54) is 0 Å². The third kappa shape index (κ3) is 5.96. The Balaban J connectivity index is 2.49. The molecule has 0 spiro atoms. The fourth-order valence-corrected chi connectivity index (χ4v) is 1.87. The second-order valence-corrected chi connectivity index (χ2v) is 6.02. The molecule has 0 bridgehead atoms. The van der Waals surface area contributed by atoms with Crippen LogP contribution in [0.5, 0.6) is 5.75 Å². The summed E-state index contributed by atoms with van der Waals surface area (Å²) in [5.74, 6) is 0.529. The van der Waals surface area contributed by atoms with Gasteiger partial charge in [-0.15, -0.1) is 0 Å². The van der Waals surface area contributed by atoms with E-state index in [-0.39, 0.29) is 5.97 Å². The van der Waals surface area contributed by atoms with Crippen LogP contribution in [0.4, 0.5) is 5.69 Å². The Bertz CT molecular complexity index is 441. The molecule has 0 aromatic heterocycles. The molecule has 0 heterocycles. The highest BCUT2D eigenvalue weighted by molar-refractivity contribution is 9.10. The third-order valence-corrected chi connectivity index (χ3v) is 2.72. The number of anilines is 1. The summed E-state index contributed by atoms with van der Waals surface area (Å²) in [5, 5.41) is 3.17. The number of ether oxygens (including phenoxy) is 2. The average molecular weight is 330 g/mol. The minimum atomic E-state index is -0.440. The molecular formula is C14H20BrNO3. The fourth-order valence-electron chi connectivity index (χ4n) is 1.51. The number of benzene rings is 1. The molecule has 0 fully saturated rings. The summed E-state index contributed by atoms with van der Waals surface area (Å²) in [5.41, 5.74) is 0.408. The lowest BCUT2D eigenvalue weighted by molar-refractivity contribution is -0.154. The zero-order chi connectivity index (χ0) is 14.5. The number of hydrogen-bond donors (Lipinski definition) is 1. The largest absolute Gasteiger partial charge is 0.495 e. The Kier molecular flexibility index (Phi) is 5.66. The van der Waals surface area contributed by atoms with Crippen LogP contribution in [0, 0.1) is 0 Å². The molecule has 1 aromatic rings. The second-order valence-electron chi connectivity index (χ2n) is 5.11. The Labute approximate surface area is 122 Å². The van der Waals surface area contributed by atoms with E-state index in [2.05, 4.69) is 21.2 Å². The number of carbonyl (C=O) groups excluding carboxylic acids is 1. The highest BCUT2D eigenvalue weighted by Crippen LogP contribution is 2.27. The van der Waals surface area contributed by atoms with Gasteiger partial charge in [-0.3, -0.25) is 4.79 Å². The minimum Gasteiger partial charge on any atom is -0.495 e. The van der Waals surface area contributed by atoms with Crippen LogP contribution in [-0.2, 0) is 9.53 Å². The maximum Gasteiger partial charge on any atom is 0.308 e. The van der Waals surface area contributed by atoms with Crippen molar-refractivity contribution in [3.63, 3.8) is 0 Å². The first-order chi connectivity index (χ1) is 8.81. The van der Waals surface area contributed by atoms with Gasteiger partial charge in [0, 0.05) is 11.0 Å².